The Balaban J connectivity index is 1.51. The third-order valence-electron chi connectivity index (χ3n) is 4.27. The molecule has 1 aliphatic rings. The van der Waals surface area contributed by atoms with E-state index in [2.05, 4.69) is 27.3 Å². The number of H-pyrrole nitrogens is 1. The molecular formula is C16H23N5O2. The predicted molar refractivity (Wildman–Crippen MR) is 83.8 cm³/mol. The minimum Gasteiger partial charge on any atom is -0.342 e. The van der Waals surface area contributed by atoms with Crippen molar-refractivity contribution in [3.8, 4) is 0 Å². The fraction of sp³-hybridized carbons (Fsp3) is 0.625. The Hall–Kier alpha value is -2.18. The molecule has 0 aliphatic carbocycles. The molecule has 0 aromatic carbocycles. The molecule has 7 heteroatoms. The van der Waals surface area contributed by atoms with Gasteiger partial charge in [0, 0.05) is 50.2 Å². The van der Waals surface area contributed by atoms with Crippen LogP contribution in [0.5, 0.6) is 0 Å². The average Bonchev–Trinajstić information content (AvgIpc) is 3.25. The van der Waals surface area contributed by atoms with E-state index >= 15 is 0 Å². The molecule has 0 unspecified atom stereocenters. The van der Waals surface area contributed by atoms with Crippen LogP contribution in [0.4, 0.5) is 0 Å². The second-order valence-electron chi connectivity index (χ2n) is 6.05. The summed E-state index contributed by atoms with van der Waals surface area (Å²) in [6.45, 7) is 3.66. The topological polar surface area (TPSA) is 87.9 Å². The first kappa shape index (κ1) is 15.7. The van der Waals surface area contributed by atoms with Crippen molar-refractivity contribution in [1.82, 2.24) is 25.2 Å². The van der Waals surface area contributed by atoms with Crippen LogP contribution in [0.25, 0.3) is 0 Å². The highest BCUT2D eigenvalue weighted by Gasteiger charge is 2.25. The van der Waals surface area contributed by atoms with E-state index < -0.39 is 0 Å². The van der Waals surface area contributed by atoms with Gasteiger partial charge in [-0.25, -0.2) is 0 Å². The molecule has 1 fully saturated rings. The van der Waals surface area contributed by atoms with Gasteiger partial charge in [0.15, 0.2) is 5.82 Å². The van der Waals surface area contributed by atoms with Crippen LogP contribution in [0.15, 0.2) is 16.8 Å². The molecule has 0 radical (unpaired) electrons. The monoisotopic (exact) mass is 317 g/mol. The van der Waals surface area contributed by atoms with E-state index in [0.717, 1.165) is 50.3 Å². The summed E-state index contributed by atoms with van der Waals surface area (Å²) in [6.07, 6.45) is 6.62. The summed E-state index contributed by atoms with van der Waals surface area (Å²) in [4.78, 5) is 18.7. The van der Waals surface area contributed by atoms with Gasteiger partial charge in [0.1, 0.15) is 0 Å². The van der Waals surface area contributed by atoms with E-state index in [9.17, 15) is 4.79 Å². The molecule has 1 atom stereocenters. The van der Waals surface area contributed by atoms with Crippen molar-refractivity contribution >= 4 is 5.91 Å². The Labute approximate surface area is 135 Å². The second-order valence-corrected chi connectivity index (χ2v) is 6.05. The van der Waals surface area contributed by atoms with Gasteiger partial charge in [0.25, 0.3) is 0 Å². The molecule has 1 amide bonds. The third-order valence-corrected chi connectivity index (χ3v) is 4.27. The molecular weight excluding hydrogens is 294 g/mol. The Morgan fingerprint density at radius 3 is 3.17 bits per heavy atom. The van der Waals surface area contributed by atoms with E-state index in [1.807, 2.05) is 11.0 Å². The maximum Gasteiger partial charge on any atom is 0.227 e. The van der Waals surface area contributed by atoms with Gasteiger partial charge in [-0.3, -0.25) is 9.89 Å². The Kier molecular flexibility index (Phi) is 5.05. The molecule has 3 heterocycles. The molecule has 0 saturated carbocycles. The number of carbonyl (C=O) groups is 1. The van der Waals surface area contributed by atoms with Crippen LogP contribution in [-0.4, -0.2) is 44.2 Å². The van der Waals surface area contributed by atoms with Crippen LogP contribution < -0.4 is 0 Å². The van der Waals surface area contributed by atoms with E-state index in [4.69, 9.17) is 4.52 Å². The van der Waals surface area contributed by atoms with Gasteiger partial charge in [-0.05, 0) is 25.3 Å². The number of aromatic amines is 1. The van der Waals surface area contributed by atoms with Crippen LogP contribution >= 0.6 is 0 Å². The van der Waals surface area contributed by atoms with E-state index in [1.165, 1.54) is 0 Å². The number of amides is 1. The van der Waals surface area contributed by atoms with Gasteiger partial charge in [0.05, 0.1) is 0 Å². The quantitative estimate of drug-likeness (QED) is 0.881. The summed E-state index contributed by atoms with van der Waals surface area (Å²) < 4.78 is 5.19. The fourth-order valence-electron chi connectivity index (χ4n) is 3.04. The lowest BCUT2D eigenvalue weighted by Crippen LogP contribution is -2.39. The Morgan fingerprint density at radius 1 is 1.48 bits per heavy atom. The molecule has 0 bridgehead atoms. The highest BCUT2D eigenvalue weighted by atomic mass is 16.5. The Bertz CT molecular complexity index is 622. The van der Waals surface area contributed by atoms with Gasteiger partial charge in [-0.2, -0.15) is 10.1 Å². The SMILES string of the molecule is CCCc1noc(CCC(=O)N2CCC[C@H](c3ccn[nH]3)C2)n1. The van der Waals surface area contributed by atoms with Gasteiger partial charge in [-0.15, -0.1) is 0 Å². The number of nitrogens with one attached hydrogen (secondary N) is 1. The molecule has 7 nitrogen and oxygen atoms in total. The van der Waals surface area contributed by atoms with E-state index in [-0.39, 0.29) is 5.91 Å². The third kappa shape index (κ3) is 3.97. The number of hydrogen-bond acceptors (Lipinski definition) is 5. The zero-order valence-corrected chi connectivity index (χ0v) is 13.5. The normalized spacial score (nSPS) is 18.3. The van der Waals surface area contributed by atoms with Gasteiger partial charge >= 0.3 is 0 Å². The lowest BCUT2D eigenvalue weighted by molar-refractivity contribution is -0.132. The summed E-state index contributed by atoms with van der Waals surface area (Å²) >= 11 is 0. The number of carbonyl (C=O) groups excluding carboxylic acids is 1. The van der Waals surface area contributed by atoms with Crippen molar-refractivity contribution in [2.75, 3.05) is 13.1 Å². The maximum atomic E-state index is 12.4. The molecule has 1 N–H and O–H groups in total. The van der Waals surface area contributed by atoms with Crippen molar-refractivity contribution in [3.05, 3.63) is 29.7 Å². The largest absolute Gasteiger partial charge is 0.342 e. The summed E-state index contributed by atoms with van der Waals surface area (Å²) in [5.74, 6) is 1.80. The van der Waals surface area contributed by atoms with Crippen molar-refractivity contribution in [3.63, 3.8) is 0 Å². The number of likely N-dealkylation sites (tertiary alicyclic amines) is 1. The molecule has 3 rings (SSSR count). The fourth-order valence-corrected chi connectivity index (χ4v) is 3.04. The zero-order chi connectivity index (χ0) is 16.1. The van der Waals surface area contributed by atoms with Crippen molar-refractivity contribution in [2.45, 2.75) is 51.4 Å². The van der Waals surface area contributed by atoms with Crippen molar-refractivity contribution < 1.29 is 9.32 Å². The molecule has 1 aliphatic heterocycles. The predicted octanol–water partition coefficient (Wildman–Crippen LogP) is 2.08. The van der Waals surface area contributed by atoms with E-state index in [0.29, 0.717) is 24.7 Å². The first-order valence-electron chi connectivity index (χ1n) is 8.34. The number of hydrogen-bond donors (Lipinski definition) is 1. The zero-order valence-electron chi connectivity index (χ0n) is 13.5. The highest BCUT2D eigenvalue weighted by Crippen LogP contribution is 2.25. The van der Waals surface area contributed by atoms with Gasteiger partial charge in [-0.1, -0.05) is 12.1 Å². The average molecular weight is 317 g/mol. The number of rotatable bonds is 6. The molecule has 0 spiro atoms. The van der Waals surface area contributed by atoms with Crippen molar-refractivity contribution in [2.24, 2.45) is 0 Å². The van der Waals surface area contributed by atoms with Crippen LogP contribution in [0.3, 0.4) is 0 Å². The van der Waals surface area contributed by atoms with Crippen molar-refractivity contribution in [1.29, 1.82) is 0 Å². The molecule has 23 heavy (non-hydrogen) atoms. The minimum absolute atomic E-state index is 0.157. The van der Waals surface area contributed by atoms with Crippen LogP contribution in [0.2, 0.25) is 0 Å². The lowest BCUT2D eigenvalue weighted by atomic mass is 9.94. The highest BCUT2D eigenvalue weighted by molar-refractivity contribution is 5.76. The lowest BCUT2D eigenvalue weighted by Gasteiger charge is -2.32. The Morgan fingerprint density at radius 2 is 2.39 bits per heavy atom. The standard InChI is InChI=1S/C16H23N5O2/c1-2-4-14-18-15(23-20-14)6-7-16(22)21-10-3-5-12(11-21)13-8-9-17-19-13/h8-9,12H,2-7,10-11H2,1H3,(H,17,19)/t12-/m0/s1. The maximum absolute atomic E-state index is 12.4. The molecule has 124 valence electrons. The van der Waals surface area contributed by atoms with Crippen LogP contribution in [-0.2, 0) is 17.6 Å². The minimum atomic E-state index is 0.157. The summed E-state index contributed by atoms with van der Waals surface area (Å²) in [5, 5.41) is 10.9. The second kappa shape index (κ2) is 7.39. The smallest absolute Gasteiger partial charge is 0.227 e. The number of piperidine rings is 1. The molecule has 1 saturated heterocycles. The summed E-state index contributed by atoms with van der Waals surface area (Å²) in [6, 6.07) is 1.99. The van der Waals surface area contributed by atoms with E-state index in [1.54, 1.807) is 6.20 Å². The number of aromatic nitrogens is 4. The van der Waals surface area contributed by atoms with Gasteiger partial charge in [0.2, 0.25) is 11.8 Å². The molecule has 2 aromatic rings. The number of nitrogens with zero attached hydrogens (tertiary/aromatic N) is 4. The first-order chi connectivity index (χ1) is 11.3. The van der Waals surface area contributed by atoms with Crippen LogP contribution in [0.1, 0.15) is 55.9 Å². The summed E-state index contributed by atoms with van der Waals surface area (Å²) in [7, 11) is 0. The first-order valence-corrected chi connectivity index (χ1v) is 8.34. The molecule has 2 aromatic heterocycles. The van der Waals surface area contributed by atoms with Crippen LogP contribution in [0, 0.1) is 0 Å². The van der Waals surface area contributed by atoms with Gasteiger partial charge < -0.3 is 9.42 Å². The number of aryl methyl sites for hydroxylation is 2. The summed E-state index contributed by atoms with van der Waals surface area (Å²) in [5.41, 5.74) is 1.11.